The SMILES string of the molecule is CNC(=O)c1cc(Oc2ccc3c(c2)nc(Nc2ccc(OC(C)C)c(-c4cnccc4C)c2)n3C)ccn1.[HH]. The number of imidazole rings is 1. The van der Waals surface area contributed by atoms with Crippen molar-refractivity contribution in [1.29, 1.82) is 0 Å². The number of carbonyl (C=O) groups excluding carboxylic acids is 1. The third-order valence-corrected chi connectivity index (χ3v) is 6.21. The highest BCUT2D eigenvalue weighted by Crippen LogP contribution is 2.36. The predicted octanol–water partition coefficient (Wildman–Crippen LogP) is 6.27. The Kier molecular flexibility index (Phi) is 7.14. The first-order valence-electron chi connectivity index (χ1n) is 12.6. The minimum absolute atomic E-state index is 0. The zero-order chi connectivity index (χ0) is 27.5. The fourth-order valence-corrected chi connectivity index (χ4v) is 4.27. The van der Waals surface area contributed by atoms with Crippen molar-refractivity contribution in [1.82, 2.24) is 24.8 Å². The molecule has 9 nitrogen and oxygen atoms in total. The van der Waals surface area contributed by atoms with Gasteiger partial charge in [-0.05, 0) is 68.8 Å². The molecule has 39 heavy (non-hydrogen) atoms. The number of rotatable bonds is 8. The molecule has 0 aliphatic heterocycles. The molecule has 0 saturated heterocycles. The van der Waals surface area contributed by atoms with Gasteiger partial charge in [-0.15, -0.1) is 0 Å². The number of carbonyl (C=O) groups is 1. The Morgan fingerprint density at radius 1 is 1.00 bits per heavy atom. The molecule has 3 heterocycles. The second-order valence-corrected chi connectivity index (χ2v) is 9.40. The van der Waals surface area contributed by atoms with E-state index in [1.165, 1.54) is 0 Å². The fourth-order valence-electron chi connectivity index (χ4n) is 4.27. The number of pyridine rings is 2. The van der Waals surface area contributed by atoms with Gasteiger partial charge in [0.05, 0.1) is 17.1 Å². The number of anilines is 2. The lowest BCUT2D eigenvalue weighted by molar-refractivity contribution is 0.0958. The monoisotopic (exact) mass is 524 g/mol. The standard InChI is InChI=1S/C30H30N6O3.H2/c1-18(2)38-28-9-6-20(14-23(28)24-17-32-12-10-19(24)3)34-30-35-25-15-21(7-8-27(25)36(30)5)39-22-11-13-33-26(16-22)29(37)31-4;/h6-18H,1-5H3,(H,31,37)(H,34,35);1H. The van der Waals surface area contributed by atoms with E-state index in [4.69, 9.17) is 14.5 Å². The summed E-state index contributed by atoms with van der Waals surface area (Å²) in [6.07, 6.45) is 5.23. The molecule has 0 aliphatic rings. The maximum Gasteiger partial charge on any atom is 0.269 e. The molecule has 1 amide bonds. The molecule has 0 fully saturated rings. The Hall–Kier alpha value is -4.92. The van der Waals surface area contributed by atoms with Crippen LogP contribution >= 0.6 is 0 Å². The molecule has 0 saturated carbocycles. The van der Waals surface area contributed by atoms with E-state index in [1.54, 1.807) is 31.6 Å². The zero-order valence-electron chi connectivity index (χ0n) is 22.5. The smallest absolute Gasteiger partial charge is 0.269 e. The minimum Gasteiger partial charge on any atom is -0.490 e. The molecule has 2 N–H and O–H groups in total. The van der Waals surface area contributed by atoms with Gasteiger partial charge in [-0.25, -0.2) is 4.98 Å². The highest BCUT2D eigenvalue weighted by atomic mass is 16.5. The molecule has 0 atom stereocenters. The van der Waals surface area contributed by atoms with E-state index < -0.39 is 0 Å². The van der Waals surface area contributed by atoms with Gasteiger partial charge in [-0.1, -0.05) is 0 Å². The lowest BCUT2D eigenvalue weighted by Crippen LogP contribution is -2.18. The average molecular weight is 525 g/mol. The number of benzene rings is 2. The largest absolute Gasteiger partial charge is 0.490 e. The summed E-state index contributed by atoms with van der Waals surface area (Å²) >= 11 is 0. The first-order valence-corrected chi connectivity index (χ1v) is 12.6. The highest BCUT2D eigenvalue weighted by molar-refractivity contribution is 5.92. The van der Waals surface area contributed by atoms with E-state index in [-0.39, 0.29) is 19.1 Å². The Bertz CT molecular complexity index is 1670. The van der Waals surface area contributed by atoms with Crippen LogP contribution in [0.3, 0.4) is 0 Å². The summed E-state index contributed by atoms with van der Waals surface area (Å²) in [7, 11) is 3.52. The van der Waals surface area contributed by atoms with Gasteiger partial charge in [0, 0.05) is 63.1 Å². The van der Waals surface area contributed by atoms with Crippen LogP contribution in [0.5, 0.6) is 17.2 Å². The molecular formula is C30H32N6O3. The van der Waals surface area contributed by atoms with Crippen molar-refractivity contribution >= 4 is 28.6 Å². The third kappa shape index (κ3) is 5.52. The number of fused-ring (bicyclic) bond motifs is 1. The number of ether oxygens (including phenoxy) is 2. The van der Waals surface area contributed by atoms with Crippen molar-refractivity contribution in [3.05, 3.63) is 84.4 Å². The van der Waals surface area contributed by atoms with Crippen LogP contribution in [0.15, 0.2) is 73.2 Å². The maximum atomic E-state index is 11.9. The van der Waals surface area contributed by atoms with E-state index in [1.807, 2.05) is 68.1 Å². The van der Waals surface area contributed by atoms with Crippen LogP contribution in [-0.4, -0.2) is 38.6 Å². The normalized spacial score (nSPS) is 11.0. The number of nitrogens with one attached hydrogen (secondary N) is 2. The van der Waals surface area contributed by atoms with E-state index in [0.717, 1.165) is 39.2 Å². The molecule has 2 aromatic carbocycles. The van der Waals surface area contributed by atoms with Crippen molar-refractivity contribution in [2.24, 2.45) is 7.05 Å². The topological polar surface area (TPSA) is 103 Å². The Morgan fingerprint density at radius 3 is 2.59 bits per heavy atom. The summed E-state index contributed by atoms with van der Waals surface area (Å²) in [6, 6.07) is 17.0. The van der Waals surface area contributed by atoms with Crippen LogP contribution in [0.4, 0.5) is 11.6 Å². The molecule has 0 radical (unpaired) electrons. The van der Waals surface area contributed by atoms with Crippen molar-refractivity contribution in [2.75, 3.05) is 12.4 Å². The van der Waals surface area contributed by atoms with Crippen LogP contribution in [0.1, 0.15) is 31.3 Å². The molecule has 0 unspecified atom stereocenters. The number of nitrogens with zero attached hydrogens (tertiary/aromatic N) is 4. The molecule has 3 aromatic heterocycles. The second-order valence-electron chi connectivity index (χ2n) is 9.40. The molecule has 5 aromatic rings. The first-order chi connectivity index (χ1) is 18.8. The fraction of sp³-hybridized carbons (Fsp3) is 0.200. The van der Waals surface area contributed by atoms with Crippen molar-refractivity contribution in [2.45, 2.75) is 26.9 Å². The summed E-state index contributed by atoms with van der Waals surface area (Å²) in [5.74, 6) is 2.32. The molecule has 5 rings (SSSR count). The van der Waals surface area contributed by atoms with Crippen molar-refractivity contribution < 1.29 is 15.7 Å². The number of hydrogen-bond acceptors (Lipinski definition) is 7. The first kappa shape index (κ1) is 25.7. The number of hydrogen-bond donors (Lipinski definition) is 2. The minimum atomic E-state index is -0.276. The van der Waals surface area contributed by atoms with Crippen LogP contribution in [0.2, 0.25) is 0 Å². The Morgan fingerprint density at radius 2 is 1.82 bits per heavy atom. The van der Waals surface area contributed by atoms with E-state index in [9.17, 15) is 4.79 Å². The molecular weight excluding hydrogens is 492 g/mol. The van der Waals surface area contributed by atoms with Crippen LogP contribution < -0.4 is 20.1 Å². The summed E-state index contributed by atoms with van der Waals surface area (Å²) in [5.41, 5.74) is 5.95. The van der Waals surface area contributed by atoms with Crippen molar-refractivity contribution in [3.8, 4) is 28.4 Å². The van der Waals surface area contributed by atoms with Crippen LogP contribution in [0.25, 0.3) is 22.2 Å². The van der Waals surface area contributed by atoms with E-state index in [0.29, 0.717) is 17.4 Å². The van der Waals surface area contributed by atoms with Gasteiger partial charge in [-0.3, -0.25) is 14.8 Å². The lowest BCUT2D eigenvalue weighted by Gasteiger charge is -2.17. The lowest BCUT2D eigenvalue weighted by atomic mass is 10.0. The van der Waals surface area contributed by atoms with Crippen molar-refractivity contribution in [3.63, 3.8) is 0 Å². The zero-order valence-corrected chi connectivity index (χ0v) is 22.5. The molecule has 9 heteroatoms. The van der Waals surface area contributed by atoms with Gasteiger partial charge in [0.25, 0.3) is 5.91 Å². The molecule has 0 aliphatic carbocycles. The van der Waals surface area contributed by atoms with Gasteiger partial charge in [-0.2, -0.15) is 0 Å². The maximum absolute atomic E-state index is 11.9. The average Bonchev–Trinajstić information content (AvgIpc) is 3.23. The third-order valence-electron chi connectivity index (χ3n) is 6.21. The van der Waals surface area contributed by atoms with Gasteiger partial charge >= 0.3 is 0 Å². The van der Waals surface area contributed by atoms with Gasteiger partial charge in [0.2, 0.25) is 5.95 Å². The van der Waals surface area contributed by atoms with Gasteiger partial charge in [0.15, 0.2) is 0 Å². The van der Waals surface area contributed by atoms with Gasteiger partial charge < -0.3 is 24.7 Å². The number of aromatic nitrogens is 4. The summed E-state index contributed by atoms with van der Waals surface area (Å²) in [4.78, 5) is 25.1. The van der Waals surface area contributed by atoms with Crippen LogP contribution in [-0.2, 0) is 7.05 Å². The predicted molar refractivity (Wildman–Crippen MR) is 154 cm³/mol. The molecule has 0 spiro atoms. The Balaban J connectivity index is 0.00000370. The molecule has 0 bridgehead atoms. The quantitative estimate of drug-likeness (QED) is 0.247. The Labute approximate surface area is 228 Å². The van der Waals surface area contributed by atoms with E-state index >= 15 is 0 Å². The van der Waals surface area contributed by atoms with Gasteiger partial charge in [0.1, 0.15) is 22.9 Å². The summed E-state index contributed by atoms with van der Waals surface area (Å²) in [6.45, 7) is 6.09. The number of aryl methyl sites for hydroxylation is 2. The van der Waals surface area contributed by atoms with E-state index in [2.05, 4.69) is 33.6 Å². The van der Waals surface area contributed by atoms with Crippen LogP contribution in [0, 0.1) is 6.92 Å². The summed E-state index contributed by atoms with van der Waals surface area (Å²) in [5, 5.41) is 6.01. The highest BCUT2D eigenvalue weighted by Gasteiger charge is 2.15. The second kappa shape index (κ2) is 10.8. The summed E-state index contributed by atoms with van der Waals surface area (Å²) < 4.78 is 14.1. The number of amides is 1. The molecule has 200 valence electrons.